The van der Waals surface area contributed by atoms with Crippen LogP contribution in [0.4, 0.5) is 11.4 Å². The van der Waals surface area contributed by atoms with Gasteiger partial charge in [0, 0.05) is 5.69 Å². The lowest BCUT2D eigenvalue weighted by molar-refractivity contribution is -0.115. The predicted molar refractivity (Wildman–Crippen MR) is 144 cm³/mol. The minimum atomic E-state index is 0.0468. The third-order valence-electron chi connectivity index (χ3n) is 6.98. The van der Waals surface area contributed by atoms with Crippen molar-refractivity contribution in [2.24, 2.45) is 0 Å². The number of likely N-dealkylation sites (tertiary alicyclic amines) is 1. The Balaban J connectivity index is 1.30. The van der Waals surface area contributed by atoms with Crippen LogP contribution in [0, 0.1) is 0 Å². The summed E-state index contributed by atoms with van der Waals surface area (Å²) in [6.45, 7) is 2.95. The number of rotatable bonds is 6. The van der Waals surface area contributed by atoms with E-state index in [1.54, 1.807) is 0 Å². The van der Waals surface area contributed by atoms with Gasteiger partial charge in [-0.05, 0) is 74.2 Å². The van der Waals surface area contributed by atoms with Gasteiger partial charge in [-0.25, -0.2) is 0 Å². The van der Waals surface area contributed by atoms with Crippen LogP contribution in [0.15, 0.2) is 84.0 Å². The molecular weight excluding hydrogens is 466 g/mol. The monoisotopic (exact) mass is 495 g/mol. The fourth-order valence-electron chi connectivity index (χ4n) is 5.21. The van der Waals surface area contributed by atoms with Crippen LogP contribution < -0.4 is 4.90 Å². The SMILES string of the molecule is O=C(CSc1nnc(CN2CCCC2)n1-c1ccccc1)N1c2ccccc2CCc2ccccc21. The van der Waals surface area contributed by atoms with Crippen molar-refractivity contribution in [1.82, 2.24) is 19.7 Å². The summed E-state index contributed by atoms with van der Waals surface area (Å²) in [6, 6.07) is 26.7. The summed E-state index contributed by atoms with van der Waals surface area (Å²) in [7, 11) is 0. The molecule has 36 heavy (non-hydrogen) atoms. The lowest BCUT2D eigenvalue weighted by atomic mass is 10.0. The highest BCUT2D eigenvalue weighted by atomic mass is 32.2. The van der Waals surface area contributed by atoms with Crippen molar-refractivity contribution in [3.63, 3.8) is 0 Å². The molecule has 6 nitrogen and oxygen atoms in total. The maximum atomic E-state index is 13.8. The molecule has 7 heteroatoms. The Bertz CT molecular complexity index is 1320. The Kier molecular flexibility index (Phi) is 6.57. The molecule has 0 N–H and O–H groups in total. The highest BCUT2D eigenvalue weighted by Gasteiger charge is 2.27. The van der Waals surface area contributed by atoms with Crippen LogP contribution in [0.2, 0.25) is 0 Å². The van der Waals surface area contributed by atoms with Crippen LogP contribution in [0.25, 0.3) is 5.69 Å². The number of benzene rings is 3. The van der Waals surface area contributed by atoms with E-state index in [-0.39, 0.29) is 11.7 Å². The normalized spacial score (nSPS) is 15.4. The molecule has 2 aliphatic heterocycles. The number of carbonyl (C=O) groups is 1. The van der Waals surface area contributed by atoms with Crippen LogP contribution in [0.5, 0.6) is 0 Å². The average Bonchev–Trinajstić information content (AvgIpc) is 3.54. The third-order valence-corrected chi connectivity index (χ3v) is 7.90. The van der Waals surface area contributed by atoms with Crippen LogP contribution >= 0.6 is 11.8 Å². The number of carbonyl (C=O) groups excluding carboxylic acids is 1. The summed E-state index contributed by atoms with van der Waals surface area (Å²) in [6.07, 6.45) is 4.31. The van der Waals surface area contributed by atoms with Gasteiger partial charge >= 0.3 is 0 Å². The summed E-state index contributed by atoms with van der Waals surface area (Å²) in [5.41, 5.74) is 5.39. The number of amides is 1. The van der Waals surface area contributed by atoms with Crippen LogP contribution in [-0.2, 0) is 24.2 Å². The van der Waals surface area contributed by atoms with Gasteiger partial charge in [0.25, 0.3) is 0 Å². The molecular formula is C29H29N5OS. The number of aromatic nitrogens is 3. The van der Waals surface area contributed by atoms with Gasteiger partial charge in [0.2, 0.25) is 5.91 Å². The summed E-state index contributed by atoms with van der Waals surface area (Å²) >= 11 is 1.46. The first-order valence-electron chi connectivity index (χ1n) is 12.6. The molecule has 1 amide bonds. The van der Waals surface area contributed by atoms with E-state index in [1.165, 1.54) is 35.7 Å². The predicted octanol–water partition coefficient (Wildman–Crippen LogP) is 5.42. The molecule has 0 aliphatic carbocycles. The summed E-state index contributed by atoms with van der Waals surface area (Å²) in [5, 5.41) is 9.85. The summed E-state index contributed by atoms with van der Waals surface area (Å²) < 4.78 is 2.11. The van der Waals surface area contributed by atoms with Crippen LogP contribution in [0.3, 0.4) is 0 Å². The molecule has 0 saturated carbocycles. The Hall–Kier alpha value is -3.42. The smallest absolute Gasteiger partial charge is 0.242 e. The Morgan fingerprint density at radius 2 is 1.39 bits per heavy atom. The maximum absolute atomic E-state index is 13.8. The molecule has 0 spiro atoms. The van der Waals surface area contributed by atoms with Crippen LogP contribution in [0.1, 0.15) is 29.8 Å². The van der Waals surface area contributed by atoms with Crippen LogP contribution in [-0.4, -0.2) is 44.4 Å². The number of anilines is 2. The largest absolute Gasteiger partial charge is 0.296 e. The molecule has 1 aromatic heterocycles. The standard InChI is InChI=1S/C29H29N5OS/c35-28(34-25-14-6-4-10-22(25)16-17-23-11-5-7-15-26(23)34)21-36-29-31-30-27(20-32-18-8-9-19-32)33(29)24-12-2-1-3-13-24/h1-7,10-15H,8-9,16-21H2. The summed E-state index contributed by atoms with van der Waals surface area (Å²) in [4.78, 5) is 18.1. The maximum Gasteiger partial charge on any atom is 0.242 e. The lowest BCUT2D eigenvalue weighted by Gasteiger charge is -2.25. The number of para-hydroxylation sites is 3. The minimum absolute atomic E-state index is 0.0468. The first-order chi connectivity index (χ1) is 17.8. The number of aryl methyl sites for hydroxylation is 2. The van der Waals surface area contributed by atoms with Gasteiger partial charge in [0.05, 0.1) is 23.7 Å². The highest BCUT2D eigenvalue weighted by Crippen LogP contribution is 2.37. The minimum Gasteiger partial charge on any atom is -0.296 e. The first kappa shape index (κ1) is 23.0. The van der Waals surface area contributed by atoms with E-state index < -0.39 is 0 Å². The van der Waals surface area contributed by atoms with Gasteiger partial charge in [-0.1, -0.05) is 66.4 Å². The zero-order chi connectivity index (χ0) is 24.3. The average molecular weight is 496 g/mol. The van der Waals surface area contributed by atoms with Gasteiger partial charge in [0.15, 0.2) is 11.0 Å². The molecule has 182 valence electrons. The molecule has 0 bridgehead atoms. The van der Waals surface area contributed by atoms with E-state index in [9.17, 15) is 4.79 Å². The van der Waals surface area contributed by atoms with Crippen molar-refractivity contribution in [2.75, 3.05) is 23.7 Å². The van der Waals surface area contributed by atoms with Crippen molar-refractivity contribution in [2.45, 2.75) is 37.4 Å². The van der Waals surface area contributed by atoms with Crippen molar-refractivity contribution in [3.05, 3.63) is 95.8 Å². The Labute approximate surface area is 216 Å². The van der Waals surface area contributed by atoms with Gasteiger partial charge < -0.3 is 0 Å². The second kappa shape index (κ2) is 10.3. The van der Waals surface area contributed by atoms with Crippen molar-refractivity contribution in [1.29, 1.82) is 0 Å². The quantitative estimate of drug-likeness (QED) is 0.335. The molecule has 3 heterocycles. The molecule has 1 saturated heterocycles. The van der Waals surface area contributed by atoms with E-state index in [4.69, 9.17) is 0 Å². The van der Waals surface area contributed by atoms with E-state index >= 15 is 0 Å². The number of hydrogen-bond acceptors (Lipinski definition) is 5. The van der Waals surface area contributed by atoms with Gasteiger partial charge in [-0.3, -0.25) is 19.2 Å². The van der Waals surface area contributed by atoms with Gasteiger partial charge in [-0.2, -0.15) is 0 Å². The van der Waals surface area contributed by atoms with E-state index in [2.05, 4.69) is 68.2 Å². The van der Waals surface area contributed by atoms with E-state index in [0.29, 0.717) is 0 Å². The topological polar surface area (TPSA) is 54.3 Å². The fourth-order valence-corrected chi connectivity index (χ4v) is 6.03. The lowest BCUT2D eigenvalue weighted by Crippen LogP contribution is -2.28. The molecule has 2 aliphatic rings. The van der Waals surface area contributed by atoms with Crippen molar-refractivity contribution in [3.8, 4) is 5.69 Å². The first-order valence-corrected chi connectivity index (χ1v) is 13.6. The molecule has 0 unspecified atom stereocenters. The molecule has 1 fully saturated rings. The second-order valence-corrected chi connectivity index (χ2v) is 10.3. The van der Waals surface area contributed by atoms with Crippen molar-refractivity contribution < 1.29 is 4.79 Å². The number of nitrogens with zero attached hydrogens (tertiary/aromatic N) is 5. The zero-order valence-corrected chi connectivity index (χ0v) is 21.0. The molecule has 0 radical (unpaired) electrons. The van der Waals surface area contributed by atoms with Gasteiger partial charge in [0.1, 0.15) is 0 Å². The Morgan fingerprint density at radius 3 is 2.06 bits per heavy atom. The van der Waals surface area contributed by atoms with Gasteiger partial charge in [-0.15, -0.1) is 10.2 Å². The Morgan fingerprint density at radius 1 is 0.778 bits per heavy atom. The fraction of sp³-hybridized carbons (Fsp3) is 0.276. The number of thioether (sulfide) groups is 1. The summed E-state index contributed by atoms with van der Waals surface area (Å²) in [5.74, 6) is 1.24. The van der Waals surface area contributed by atoms with E-state index in [0.717, 1.165) is 60.5 Å². The highest BCUT2D eigenvalue weighted by molar-refractivity contribution is 7.99. The third kappa shape index (κ3) is 4.56. The zero-order valence-electron chi connectivity index (χ0n) is 20.2. The number of fused-ring (bicyclic) bond motifs is 2. The second-order valence-electron chi connectivity index (χ2n) is 9.33. The molecule has 0 atom stereocenters. The van der Waals surface area contributed by atoms with E-state index in [1.807, 2.05) is 35.2 Å². The molecule has 3 aromatic carbocycles. The van der Waals surface area contributed by atoms with Crippen molar-refractivity contribution >= 4 is 29.0 Å². The molecule has 6 rings (SSSR count). The molecule has 4 aromatic rings. The number of hydrogen-bond donors (Lipinski definition) is 0.